The number of hydrogen-bond acceptors (Lipinski definition) is 3. The van der Waals surface area contributed by atoms with Crippen LogP contribution in [0.1, 0.15) is 27.2 Å². The van der Waals surface area contributed by atoms with E-state index in [-0.39, 0.29) is 12.5 Å². The highest BCUT2D eigenvalue weighted by Gasteiger charge is 2.14. The summed E-state index contributed by atoms with van der Waals surface area (Å²) in [6, 6.07) is 0. The first-order valence-corrected chi connectivity index (χ1v) is 3.93. The molecular formula is C9H14O3. The number of Topliss-reactive ketones (excluding diaryl/α,β-unsaturated/α-hetero) is 1. The van der Waals surface area contributed by atoms with Gasteiger partial charge in [0.15, 0.2) is 0 Å². The lowest BCUT2D eigenvalue weighted by atomic mass is 10.2. The van der Waals surface area contributed by atoms with Crippen molar-refractivity contribution < 1.29 is 14.3 Å². The Balaban J connectivity index is 3.85. The topological polar surface area (TPSA) is 43.4 Å². The van der Waals surface area contributed by atoms with Crippen molar-refractivity contribution in [3.05, 3.63) is 12.2 Å². The van der Waals surface area contributed by atoms with Gasteiger partial charge in [0, 0.05) is 6.42 Å². The van der Waals surface area contributed by atoms with Crippen LogP contribution < -0.4 is 0 Å². The molecular weight excluding hydrogens is 156 g/mol. The predicted molar refractivity (Wildman–Crippen MR) is 45.7 cm³/mol. The minimum atomic E-state index is -0.747. The number of carbonyl (C=O) groups excluding carboxylic acids is 2. The molecule has 3 nitrogen and oxygen atoms in total. The molecule has 0 saturated carbocycles. The molecule has 12 heavy (non-hydrogen) atoms. The molecule has 0 atom stereocenters. The van der Waals surface area contributed by atoms with Crippen molar-refractivity contribution in [1.29, 1.82) is 0 Å². The number of ether oxygens (including phenoxy) is 1. The van der Waals surface area contributed by atoms with Crippen molar-refractivity contribution >= 4 is 11.8 Å². The quantitative estimate of drug-likeness (QED) is 0.364. The molecule has 0 N–H and O–H groups in total. The molecule has 0 rings (SSSR count). The van der Waals surface area contributed by atoms with Crippen molar-refractivity contribution in [2.75, 3.05) is 0 Å². The minimum Gasteiger partial charge on any atom is -0.457 e. The highest BCUT2D eigenvalue weighted by Crippen LogP contribution is 1.94. The van der Waals surface area contributed by atoms with E-state index in [0.29, 0.717) is 0 Å². The Morgan fingerprint density at radius 3 is 2.42 bits per heavy atom. The molecule has 68 valence electrons. The fourth-order valence-electron chi connectivity index (χ4n) is 0.588. The van der Waals surface area contributed by atoms with Gasteiger partial charge in [0.25, 0.3) is 0 Å². The Morgan fingerprint density at radius 2 is 2.00 bits per heavy atom. The Labute approximate surface area is 72.4 Å². The summed E-state index contributed by atoms with van der Waals surface area (Å²) < 4.78 is 4.69. The third kappa shape index (κ3) is 4.66. The van der Waals surface area contributed by atoms with E-state index >= 15 is 0 Å². The zero-order valence-corrected chi connectivity index (χ0v) is 7.66. The Kier molecular flexibility index (Phi) is 5.00. The Morgan fingerprint density at radius 1 is 1.42 bits per heavy atom. The first-order chi connectivity index (χ1) is 5.57. The Hall–Kier alpha value is -1.12. The zero-order chi connectivity index (χ0) is 9.56. The van der Waals surface area contributed by atoms with Crippen molar-refractivity contribution in [2.24, 2.45) is 0 Å². The second-order valence-electron chi connectivity index (χ2n) is 2.65. The molecule has 0 aromatic carbocycles. The summed E-state index contributed by atoms with van der Waals surface area (Å²) in [7, 11) is 0. The molecule has 0 bridgehead atoms. The maximum Gasteiger partial charge on any atom is 0.375 e. The zero-order valence-electron chi connectivity index (χ0n) is 7.66. The second-order valence-corrected chi connectivity index (χ2v) is 2.65. The molecule has 0 fully saturated rings. The summed E-state index contributed by atoms with van der Waals surface area (Å²) >= 11 is 0. The largest absolute Gasteiger partial charge is 0.457 e. The summed E-state index contributed by atoms with van der Waals surface area (Å²) in [6.45, 7) is 5.21. The standard InChI is InChI=1S/C9H14O3/c1-4-5-6-8(10)9(11)12-7(2)3/h4-5,7H,6H2,1-3H3. The SMILES string of the molecule is CC=CCC(=O)C(=O)OC(C)C. The van der Waals surface area contributed by atoms with Crippen molar-refractivity contribution in [3.8, 4) is 0 Å². The summed E-state index contributed by atoms with van der Waals surface area (Å²) in [4.78, 5) is 21.8. The monoisotopic (exact) mass is 170 g/mol. The molecule has 0 aliphatic heterocycles. The second kappa shape index (κ2) is 5.52. The van der Waals surface area contributed by atoms with Gasteiger partial charge in [-0.2, -0.15) is 0 Å². The van der Waals surface area contributed by atoms with Crippen LogP contribution in [0, 0.1) is 0 Å². The van der Waals surface area contributed by atoms with Crippen LogP contribution in [0.3, 0.4) is 0 Å². The van der Waals surface area contributed by atoms with Crippen LogP contribution >= 0.6 is 0 Å². The van der Waals surface area contributed by atoms with Gasteiger partial charge in [0.05, 0.1) is 6.10 Å². The van der Waals surface area contributed by atoms with Gasteiger partial charge in [-0.15, -0.1) is 0 Å². The van der Waals surface area contributed by atoms with Gasteiger partial charge < -0.3 is 4.74 Å². The highest BCUT2D eigenvalue weighted by molar-refractivity contribution is 6.33. The lowest BCUT2D eigenvalue weighted by Gasteiger charge is -2.04. The smallest absolute Gasteiger partial charge is 0.375 e. The van der Waals surface area contributed by atoms with E-state index < -0.39 is 11.8 Å². The highest BCUT2D eigenvalue weighted by atomic mass is 16.5. The van der Waals surface area contributed by atoms with E-state index in [1.165, 1.54) is 0 Å². The maximum absolute atomic E-state index is 10.9. The van der Waals surface area contributed by atoms with E-state index in [0.717, 1.165) is 0 Å². The van der Waals surface area contributed by atoms with Gasteiger partial charge in [-0.1, -0.05) is 12.2 Å². The lowest BCUT2D eigenvalue weighted by molar-refractivity contribution is -0.156. The molecule has 0 spiro atoms. The molecule has 0 aliphatic rings. The van der Waals surface area contributed by atoms with Crippen LogP contribution in [0.15, 0.2) is 12.2 Å². The third-order valence-electron chi connectivity index (χ3n) is 1.11. The molecule has 0 unspecified atom stereocenters. The van der Waals surface area contributed by atoms with E-state index in [4.69, 9.17) is 0 Å². The minimum absolute atomic E-state index is 0.127. The van der Waals surface area contributed by atoms with Crippen LogP contribution in [0.25, 0.3) is 0 Å². The molecule has 0 amide bonds. The lowest BCUT2D eigenvalue weighted by Crippen LogP contribution is -2.20. The van der Waals surface area contributed by atoms with Crippen molar-refractivity contribution in [1.82, 2.24) is 0 Å². The van der Waals surface area contributed by atoms with Crippen LogP contribution in [0.4, 0.5) is 0 Å². The average molecular weight is 170 g/mol. The normalized spacial score (nSPS) is 10.7. The molecule has 0 heterocycles. The van der Waals surface area contributed by atoms with Crippen LogP contribution in [-0.2, 0) is 14.3 Å². The summed E-state index contributed by atoms with van der Waals surface area (Å²) in [5.41, 5.74) is 0. The predicted octanol–water partition coefficient (Wildman–Crippen LogP) is 1.47. The van der Waals surface area contributed by atoms with Crippen LogP contribution in [0.2, 0.25) is 0 Å². The summed E-state index contributed by atoms with van der Waals surface area (Å²) in [5, 5.41) is 0. The van der Waals surface area contributed by atoms with Gasteiger partial charge in [-0.05, 0) is 20.8 Å². The van der Waals surface area contributed by atoms with Gasteiger partial charge in [0.2, 0.25) is 5.78 Å². The number of carbonyl (C=O) groups is 2. The fourth-order valence-corrected chi connectivity index (χ4v) is 0.588. The molecule has 0 aliphatic carbocycles. The van der Waals surface area contributed by atoms with E-state index in [2.05, 4.69) is 4.74 Å². The molecule has 0 aromatic rings. The Bertz CT molecular complexity index is 192. The number of rotatable bonds is 4. The molecule has 0 saturated heterocycles. The van der Waals surface area contributed by atoms with Gasteiger partial charge in [-0.25, -0.2) is 4.79 Å². The van der Waals surface area contributed by atoms with E-state index in [1.54, 1.807) is 32.9 Å². The van der Waals surface area contributed by atoms with Crippen molar-refractivity contribution in [3.63, 3.8) is 0 Å². The average Bonchev–Trinajstić information content (AvgIpc) is 1.98. The number of hydrogen-bond donors (Lipinski definition) is 0. The fraction of sp³-hybridized carbons (Fsp3) is 0.556. The summed E-state index contributed by atoms with van der Waals surface area (Å²) in [6.07, 6.45) is 3.25. The number of esters is 1. The number of allylic oxidation sites excluding steroid dienone is 2. The summed E-state index contributed by atoms with van der Waals surface area (Å²) in [5.74, 6) is -1.25. The van der Waals surface area contributed by atoms with E-state index in [1.807, 2.05) is 0 Å². The van der Waals surface area contributed by atoms with Crippen molar-refractivity contribution in [2.45, 2.75) is 33.3 Å². The van der Waals surface area contributed by atoms with E-state index in [9.17, 15) is 9.59 Å². The third-order valence-corrected chi connectivity index (χ3v) is 1.11. The van der Waals surface area contributed by atoms with Crippen LogP contribution in [-0.4, -0.2) is 17.9 Å². The van der Waals surface area contributed by atoms with Gasteiger partial charge >= 0.3 is 5.97 Å². The molecule has 0 radical (unpaired) electrons. The van der Waals surface area contributed by atoms with Gasteiger partial charge in [0.1, 0.15) is 0 Å². The molecule has 3 heteroatoms. The van der Waals surface area contributed by atoms with Crippen LogP contribution in [0.5, 0.6) is 0 Å². The number of ketones is 1. The van der Waals surface area contributed by atoms with Gasteiger partial charge in [-0.3, -0.25) is 4.79 Å². The first kappa shape index (κ1) is 10.9. The first-order valence-electron chi connectivity index (χ1n) is 3.93. The molecule has 0 aromatic heterocycles. The maximum atomic E-state index is 10.9.